The molecule has 0 radical (unpaired) electrons. The van der Waals surface area contributed by atoms with Crippen LogP contribution in [0.1, 0.15) is 22.1 Å². The first kappa shape index (κ1) is 16.4. The van der Waals surface area contributed by atoms with Crippen LogP contribution in [0.25, 0.3) is 0 Å². The van der Waals surface area contributed by atoms with Crippen LogP contribution in [0.4, 0.5) is 0 Å². The summed E-state index contributed by atoms with van der Waals surface area (Å²) in [7, 11) is 0. The Morgan fingerprint density at radius 2 is 1.59 bits per heavy atom. The molecule has 2 aromatic rings. The summed E-state index contributed by atoms with van der Waals surface area (Å²) in [5.74, 6) is 3.34. The van der Waals surface area contributed by atoms with Crippen molar-refractivity contribution in [3.05, 3.63) is 63.6 Å². The zero-order valence-corrected chi connectivity index (χ0v) is 15.1. The van der Waals surface area contributed by atoms with Crippen molar-refractivity contribution in [2.45, 2.75) is 17.6 Å². The Hall–Kier alpha value is -0.480. The smallest absolute Gasteiger partial charge is 0.119 e. The monoisotopic (exact) mass is 370 g/mol. The predicted molar refractivity (Wildman–Crippen MR) is 99.5 cm³/mol. The van der Waals surface area contributed by atoms with Crippen molar-refractivity contribution in [2.75, 3.05) is 11.5 Å². The molecule has 0 saturated carbocycles. The lowest BCUT2D eigenvalue weighted by Crippen LogP contribution is -2.01. The SMILES string of the molecule is Clc1cccc(Cl)c1COc1ccc(C2SCCCS2)cc1. The fourth-order valence-electron chi connectivity index (χ4n) is 2.23. The summed E-state index contributed by atoms with van der Waals surface area (Å²) < 4.78 is 6.37. The first-order chi connectivity index (χ1) is 10.7. The molecule has 1 aliphatic rings. The van der Waals surface area contributed by atoms with Gasteiger partial charge in [-0.25, -0.2) is 0 Å². The van der Waals surface area contributed by atoms with E-state index in [1.54, 1.807) is 0 Å². The maximum atomic E-state index is 6.15. The molecule has 2 aromatic carbocycles. The number of benzene rings is 2. The van der Waals surface area contributed by atoms with Crippen LogP contribution in [0.3, 0.4) is 0 Å². The van der Waals surface area contributed by atoms with Gasteiger partial charge in [0.25, 0.3) is 0 Å². The van der Waals surface area contributed by atoms with E-state index in [2.05, 4.69) is 12.1 Å². The van der Waals surface area contributed by atoms with Crippen LogP contribution in [0, 0.1) is 0 Å². The van der Waals surface area contributed by atoms with Crippen molar-refractivity contribution in [3.8, 4) is 5.75 Å². The molecule has 1 nitrogen and oxygen atoms in total. The highest BCUT2D eigenvalue weighted by atomic mass is 35.5. The van der Waals surface area contributed by atoms with Crippen molar-refractivity contribution in [1.82, 2.24) is 0 Å². The highest BCUT2D eigenvalue weighted by Gasteiger charge is 2.16. The topological polar surface area (TPSA) is 9.23 Å². The van der Waals surface area contributed by atoms with E-state index in [9.17, 15) is 0 Å². The summed E-state index contributed by atoms with van der Waals surface area (Å²) in [4.78, 5) is 0. The van der Waals surface area contributed by atoms with E-state index in [-0.39, 0.29) is 0 Å². The largest absolute Gasteiger partial charge is 0.489 e. The Labute approximate surface area is 149 Å². The van der Waals surface area contributed by atoms with Gasteiger partial charge in [-0.2, -0.15) is 0 Å². The van der Waals surface area contributed by atoms with Crippen LogP contribution < -0.4 is 4.74 Å². The standard InChI is InChI=1S/C17H16Cl2OS2/c18-15-3-1-4-16(19)14(15)11-20-13-7-5-12(6-8-13)17-21-9-2-10-22-17/h1,3-8,17H,2,9-11H2. The molecule has 116 valence electrons. The second-order valence-electron chi connectivity index (χ2n) is 4.98. The van der Waals surface area contributed by atoms with Gasteiger partial charge < -0.3 is 4.74 Å². The van der Waals surface area contributed by atoms with Crippen molar-refractivity contribution < 1.29 is 4.74 Å². The van der Waals surface area contributed by atoms with E-state index in [1.807, 2.05) is 53.9 Å². The lowest BCUT2D eigenvalue weighted by atomic mass is 10.2. The third kappa shape index (κ3) is 4.08. The van der Waals surface area contributed by atoms with E-state index < -0.39 is 0 Å². The molecule has 0 N–H and O–H groups in total. The van der Waals surface area contributed by atoms with Crippen LogP contribution in [0.15, 0.2) is 42.5 Å². The van der Waals surface area contributed by atoms with Gasteiger partial charge in [0.05, 0.1) is 4.58 Å². The first-order valence-electron chi connectivity index (χ1n) is 7.13. The molecule has 0 spiro atoms. The second-order valence-corrected chi connectivity index (χ2v) is 8.52. The summed E-state index contributed by atoms with van der Waals surface area (Å²) in [6.45, 7) is 0.380. The molecule has 1 saturated heterocycles. The highest BCUT2D eigenvalue weighted by Crippen LogP contribution is 2.43. The Bertz CT molecular complexity index is 605. The van der Waals surface area contributed by atoms with Gasteiger partial charge in [0.2, 0.25) is 0 Å². The summed E-state index contributed by atoms with van der Waals surface area (Å²) in [5, 5.41) is 1.28. The maximum Gasteiger partial charge on any atom is 0.119 e. The molecule has 1 heterocycles. The first-order valence-corrected chi connectivity index (χ1v) is 9.98. The van der Waals surface area contributed by atoms with Crippen LogP contribution in [-0.2, 0) is 6.61 Å². The fourth-order valence-corrected chi connectivity index (χ4v) is 5.63. The molecule has 0 amide bonds. The quantitative estimate of drug-likeness (QED) is 0.612. The number of halogens is 2. The minimum Gasteiger partial charge on any atom is -0.489 e. The maximum absolute atomic E-state index is 6.15. The summed E-state index contributed by atoms with van der Waals surface area (Å²) in [6, 6.07) is 13.8. The Morgan fingerprint density at radius 3 is 2.23 bits per heavy atom. The van der Waals surface area contributed by atoms with Gasteiger partial charge >= 0.3 is 0 Å². The third-order valence-corrected chi connectivity index (χ3v) is 7.15. The zero-order valence-electron chi connectivity index (χ0n) is 11.9. The summed E-state index contributed by atoms with van der Waals surface area (Å²) >= 11 is 16.4. The Balaban J connectivity index is 1.64. The van der Waals surface area contributed by atoms with Gasteiger partial charge in [-0.05, 0) is 47.8 Å². The molecule has 0 aliphatic carbocycles. The zero-order chi connectivity index (χ0) is 15.4. The van der Waals surface area contributed by atoms with Gasteiger partial charge in [0.1, 0.15) is 12.4 Å². The molecule has 0 bridgehead atoms. The number of thioether (sulfide) groups is 2. The number of ether oxygens (including phenoxy) is 1. The third-order valence-electron chi connectivity index (χ3n) is 3.42. The molecule has 0 unspecified atom stereocenters. The second kappa shape index (κ2) is 7.87. The van der Waals surface area contributed by atoms with Crippen molar-refractivity contribution in [3.63, 3.8) is 0 Å². The van der Waals surface area contributed by atoms with E-state index in [0.717, 1.165) is 11.3 Å². The van der Waals surface area contributed by atoms with Gasteiger partial charge in [-0.3, -0.25) is 0 Å². The Kier molecular flexibility index (Phi) is 5.86. The van der Waals surface area contributed by atoms with Crippen LogP contribution in [0.5, 0.6) is 5.75 Å². The van der Waals surface area contributed by atoms with E-state index in [4.69, 9.17) is 27.9 Å². The molecule has 0 aromatic heterocycles. The molecule has 0 atom stereocenters. The molecule has 22 heavy (non-hydrogen) atoms. The van der Waals surface area contributed by atoms with Gasteiger partial charge in [-0.15, -0.1) is 23.5 Å². The lowest BCUT2D eigenvalue weighted by Gasteiger charge is -2.21. The van der Waals surface area contributed by atoms with Crippen LogP contribution in [0.2, 0.25) is 10.0 Å². The van der Waals surface area contributed by atoms with Gasteiger partial charge in [0.15, 0.2) is 0 Å². The molecule has 3 rings (SSSR count). The number of hydrogen-bond acceptors (Lipinski definition) is 3. The van der Waals surface area contributed by atoms with Crippen molar-refractivity contribution in [2.24, 2.45) is 0 Å². The summed E-state index contributed by atoms with van der Waals surface area (Å²) in [5.41, 5.74) is 2.19. The average Bonchev–Trinajstić information content (AvgIpc) is 2.56. The minimum absolute atomic E-state index is 0.380. The van der Waals surface area contributed by atoms with Crippen LogP contribution >= 0.6 is 46.7 Å². The van der Waals surface area contributed by atoms with Crippen molar-refractivity contribution in [1.29, 1.82) is 0 Å². The predicted octanol–water partition coefficient (Wildman–Crippen LogP) is 6.44. The van der Waals surface area contributed by atoms with E-state index >= 15 is 0 Å². The van der Waals surface area contributed by atoms with E-state index in [1.165, 1.54) is 23.5 Å². The molecular formula is C17H16Cl2OS2. The molecule has 1 fully saturated rings. The molecule has 1 aliphatic heterocycles. The van der Waals surface area contributed by atoms with Gasteiger partial charge in [-0.1, -0.05) is 41.4 Å². The number of rotatable bonds is 4. The van der Waals surface area contributed by atoms with Gasteiger partial charge in [0, 0.05) is 15.6 Å². The minimum atomic E-state index is 0.380. The van der Waals surface area contributed by atoms with E-state index in [0.29, 0.717) is 21.2 Å². The number of hydrogen-bond donors (Lipinski definition) is 0. The summed E-state index contributed by atoms with van der Waals surface area (Å²) in [6.07, 6.45) is 1.31. The normalized spacial score (nSPS) is 15.7. The molecule has 5 heteroatoms. The molecular weight excluding hydrogens is 355 g/mol. The highest BCUT2D eigenvalue weighted by molar-refractivity contribution is 8.16. The fraction of sp³-hybridized carbons (Fsp3) is 0.294. The average molecular weight is 371 g/mol. The Morgan fingerprint density at radius 1 is 0.955 bits per heavy atom. The lowest BCUT2D eigenvalue weighted by molar-refractivity contribution is 0.306. The van der Waals surface area contributed by atoms with Crippen molar-refractivity contribution >= 4 is 46.7 Å². The van der Waals surface area contributed by atoms with Crippen LogP contribution in [-0.4, -0.2) is 11.5 Å².